The van der Waals surface area contributed by atoms with Crippen LogP contribution in [0.3, 0.4) is 0 Å². The van der Waals surface area contributed by atoms with Gasteiger partial charge in [0.1, 0.15) is 6.10 Å². The number of ether oxygens (including phenoxy) is 1. The Hall–Kier alpha value is -1.59. The molecule has 6 heteroatoms. The molecule has 1 aliphatic heterocycles. The van der Waals surface area contributed by atoms with Gasteiger partial charge in [0.2, 0.25) is 11.8 Å². The Morgan fingerprint density at radius 2 is 2.23 bits per heavy atom. The lowest BCUT2D eigenvalue weighted by molar-refractivity contribution is -0.130. The third kappa shape index (κ3) is 3.99. The Kier molecular flexibility index (Phi) is 5.80. The van der Waals surface area contributed by atoms with Gasteiger partial charge in [0.15, 0.2) is 0 Å². The fourth-order valence-corrected chi connectivity index (χ4v) is 2.69. The lowest BCUT2D eigenvalue weighted by atomic mass is 10.1. The molecule has 120 valence electrons. The molecule has 1 unspecified atom stereocenters. The summed E-state index contributed by atoms with van der Waals surface area (Å²) in [5.74, 6) is -0.194. The number of anilines is 1. The number of rotatable bonds is 5. The number of hydrogen-bond acceptors (Lipinski definition) is 3. The van der Waals surface area contributed by atoms with Gasteiger partial charge < -0.3 is 15.0 Å². The van der Waals surface area contributed by atoms with Gasteiger partial charge in [-0.1, -0.05) is 17.7 Å². The molecular formula is C16H21ClN2O3. The molecule has 1 atom stereocenters. The summed E-state index contributed by atoms with van der Waals surface area (Å²) in [5.41, 5.74) is 1.62. The highest BCUT2D eigenvalue weighted by molar-refractivity contribution is 6.31. The monoisotopic (exact) mass is 324 g/mol. The van der Waals surface area contributed by atoms with Crippen LogP contribution in [0.2, 0.25) is 5.02 Å². The molecule has 1 aromatic rings. The van der Waals surface area contributed by atoms with Gasteiger partial charge in [0.25, 0.3) is 0 Å². The van der Waals surface area contributed by atoms with Crippen molar-refractivity contribution in [1.29, 1.82) is 0 Å². The summed E-state index contributed by atoms with van der Waals surface area (Å²) in [5, 5.41) is 3.44. The number of hydrogen-bond donors (Lipinski definition) is 1. The molecule has 22 heavy (non-hydrogen) atoms. The van der Waals surface area contributed by atoms with Crippen LogP contribution in [0.4, 0.5) is 5.69 Å². The SMILES string of the molecule is CC(=O)N(CCNC(=O)C1CCCO1)c1cccc(Cl)c1C. The Balaban J connectivity index is 1.96. The van der Waals surface area contributed by atoms with Crippen molar-refractivity contribution in [3.63, 3.8) is 0 Å². The first-order valence-corrected chi connectivity index (χ1v) is 7.81. The topological polar surface area (TPSA) is 58.6 Å². The van der Waals surface area contributed by atoms with Gasteiger partial charge in [-0.05, 0) is 37.5 Å². The second-order valence-corrected chi connectivity index (χ2v) is 5.75. The molecule has 5 nitrogen and oxygen atoms in total. The van der Waals surface area contributed by atoms with E-state index < -0.39 is 0 Å². The van der Waals surface area contributed by atoms with Crippen molar-refractivity contribution in [3.8, 4) is 0 Å². The zero-order valence-electron chi connectivity index (χ0n) is 12.9. The van der Waals surface area contributed by atoms with Crippen molar-refractivity contribution in [2.75, 3.05) is 24.6 Å². The van der Waals surface area contributed by atoms with Gasteiger partial charge in [-0.3, -0.25) is 9.59 Å². The van der Waals surface area contributed by atoms with Crippen molar-refractivity contribution in [2.24, 2.45) is 0 Å². The van der Waals surface area contributed by atoms with Gasteiger partial charge in [-0.15, -0.1) is 0 Å². The van der Waals surface area contributed by atoms with Crippen LogP contribution < -0.4 is 10.2 Å². The van der Waals surface area contributed by atoms with Gasteiger partial charge >= 0.3 is 0 Å². The lowest BCUT2D eigenvalue weighted by Crippen LogP contribution is -2.41. The average Bonchev–Trinajstić information content (AvgIpc) is 3.01. The van der Waals surface area contributed by atoms with E-state index in [-0.39, 0.29) is 17.9 Å². The summed E-state index contributed by atoms with van der Waals surface area (Å²) in [7, 11) is 0. The first kappa shape index (κ1) is 16.8. The summed E-state index contributed by atoms with van der Waals surface area (Å²) < 4.78 is 5.33. The number of carbonyl (C=O) groups is 2. The number of carbonyl (C=O) groups excluding carboxylic acids is 2. The Morgan fingerprint density at radius 1 is 1.45 bits per heavy atom. The Morgan fingerprint density at radius 3 is 2.86 bits per heavy atom. The van der Waals surface area contributed by atoms with Crippen molar-refractivity contribution in [3.05, 3.63) is 28.8 Å². The maximum atomic E-state index is 11.9. The minimum atomic E-state index is -0.348. The molecule has 0 radical (unpaired) electrons. The average molecular weight is 325 g/mol. The number of nitrogens with one attached hydrogen (secondary N) is 1. The Bertz CT molecular complexity index is 556. The molecule has 1 N–H and O–H groups in total. The van der Waals surface area contributed by atoms with E-state index in [0.29, 0.717) is 24.7 Å². The number of halogens is 1. The van der Waals surface area contributed by atoms with Gasteiger partial charge in [0, 0.05) is 37.3 Å². The van der Waals surface area contributed by atoms with E-state index in [9.17, 15) is 9.59 Å². The van der Waals surface area contributed by atoms with E-state index in [0.717, 1.165) is 24.1 Å². The van der Waals surface area contributed by atoms with E-state index in [1.807, 2.05) is 19.1 Å². The highest BCUT2D eigenvalue weighted by Crippen LogP contribution is 2.26. The van der Waals surface area contributed by atoms with Crippen LogP contribution in [0.5, 0.6) is 0 Å². The van der Waals surface area contributed by atoms with Crippen LogP contribution in [0.1, 0.15) is 25.3 Å². The Labute approximate surface area is 135 Å². The van der Waals surface area contributed by atoms with Crippen molar-refractivity contribution < 1.29 is 14.3 Å². The normalized spacial score (nSPS) is 17.3. The molecule has 1 saturated heterocycles. The summed E-state index contributed by atoms with van der Waals surface area (Å²) in [6.45, 7) is 4.79. The predicted octanol–water partition coefficient (Wildman–Crippen LogP) is 2.30. The lowest BCUT2D eigenvalue weighted by Gasteiger charge is -2.24. The van der Waals surface area contributed by atoms with Gasteiger partial charge in [0.05, 0.1) is 0 Å². The van der Waals surface area contributed by atoms with E-state index in [1.54, 1.807) is 11.0 Å². The molecule has 1 heterocycles. The van der Waals surface area contributed by atoms with Crippen LogP contribution in [0, 0.1) is 6.92 Å². The number of amides is 2. The number of nitrogens with zero attached hydrogens (tertiary/aromatic N) is 1. The third-order valence-electron chi connectivity index (χ3n) is 3.77. The third-order valence-corrected chi connectivity index (χ3v) is 4.18. The summed E-state index contributed by atoms with van der Waals surface area (Å²) >= 11 is 6.11. The molecule has 0 aliphatic carbocycles. The van der Waals surface area contributed by atoms with Crippen LogP contribution in [0.15, 0.2) is 18.2 Å². The molecule has 1 aromatic carbocycles. The zero-order valence-corrected chi connectivity index (χ0v) is 13.7. The van der Waals surface area contributed by atoms with Crippen molar-refractivity contribution in [1.82, 2.24) is 5.32 Å². The minimum absolute atomic E-state index is 0.0864. The van der Waals surface area contributed by atoms with Crippen molar-refractivity contribution >= 4 is 29.1 Å². The van der Waals surface area contributed by atoms with Crippen LogP contribution in [-0.4, -0.2) is 37.6 Å². The summed E-state index contributed by atoms with van der Waals surface area (Å²) in [6.07, 6.45) is 1.33. The van der Waals surface area contributed by atoms with E-state index in [4.69, 9.17) is 16.3 Å². The molecule has 0 spiro atoms. The first-order chi connectivity index (χ1) is 10.5. The van der Waals surface area contributed by atoms with Crippen LogP contribution in [0.25, 0.3) is 0 Å². The molecule has 0 bridgehead atoms. The smallest absolute Gasteiger partial charge is 0.249 e. The van der Waals surface area contributed by atoms with Gasteiger partial charge in [-0.2, -0.15) is 0 Å². The molecular weight excluding hydrogens is 304 g/mol. The zero-order chi connectivity index (χ0) is 16.1. The quantitative estimate of drug-likeness (QED) is 0.904. The van der Waals surface area contributed by atoms with E-state index in [2.05, 4.69) is 5.32 Å². The van der Waals surface area contributed by atoms with E-state index in [1.165, 1.54) is 6.92 Å². The van der Waals surface area contributed by atoms with Crippen LogP contribution >= 0.6 is 11.6 Å². The fraction of sp³-hybridized carbons (Fsp3) is 0.500. The predicted molar refractivity (Wildman–Crippen MR) is 86.2 cm³/mol. The second-order valence-electron chi connectivity index (χ2n) is 5.35. The first-order valence-electron chi connectivity index (χ1n) is 7.43. The van der Waals surface area contributed by atoms with Crippen LogP contribution in [-0.2, 0) is 14.3 Å². The maximum absolute atomic E-state index is 11.9. The van der Waals surface area contributed by atoms with Crippen molar-refractivity contribution in [2.45, 2.75) is 32.8 Å². The summed E-state index contributed by atoms with van der Waals surface area (Å²) in [6, 6.07) is 5.45. The number of benzene rings is 1. The standard InChI is InChI=1S/C16H21ClN2O3/c1-11-13(17)5-3-6-14(11)19(12(2)20)9-8-18-16(21)15-7-4-10-22-15/h3,5-6,15H,4,7-10H2,1-2H3,(H,18,21). The van der Waals surface area contributed by atoms with Gasteiger partial charge in [-0.25, -0.2) is 0 Å². The molecule has 0 aromatic heterocycles. The minimum Gasteiger partial charge on any atom is -0.368 e. The molecule has 1 aliphatic rings. The fourth-order valence-electron chi connectivity index (χ4n) is 2.53. The second kappa shape index (κ2) is 7.61. The molecule has 2 amide bonds. The molecule has 2 rings (SSSR count). The highest BCUT2D eigenvalue weighted by Gasteiger charge is 2.23. The molecule has 0 saturated carbocycles. The maximum Gasteiger partial charge on any atom is 0.249 e. The molecule has 1 fully saturated rings. The summed E-state index contributed by atoms with van der Waals surface area (Å²) in [4.78, 5) is 25.4. The van der Waals surface area contributed by atoms with E-state index >= 15 is 0 Å². The largest absolute Gasteiger partial charge is 0.368 e. The highest BCUT2D eigenvalue weighted by atomic mass is 35.5.